The summed E-state index contributed by atoms with van der Waals surface area (Å²) >= 11 is 0. The maximum atomic E-state index is 13.9. The molecule has 2 aliphatic heterocycles. The molecule has 14 heteroatoms. The molecule has 2 heterocycles. The summed E-state index contributed by atoms with van der Waals surface area (Å²) in [5.41, 5.74) is 0. The molecule has 0 radical (unpaired) electrons. The summed E-state index contributed by atoms with van der Waals surface area (Å²) in [5.74, 6) is 4.19. The van der Waals surface area contributed by atoms with Gasteiger partial charge in [-0.15, -0.1) is 0 Å². The Balaban J connectivity index is 1.18. The van der Waals surface area contributed by atoms with Crippen LogP contribution >= 0.6 is 0 Å². The number of ether oxygens (including phenoxy) is 2. The summed E-state index contributed by atoms with van der Waals surface area (Å²) in [6.07, 6.45) is 41.3. The van der Waals surface area contributed by atoms with E-state index in [4.69, 9.17) is 9.47 Å². The van der Waals surface area contributed by atoms with Gasteiger partial charge < -0.3 is 40.5 Å². The van der Waals surface area contributed by atoms with Crippen molar-refractivity contribution < 1.29 is 38.2 Å². The van der Waals surface area contributed by atoms with Gasteiger partial charge in [-0.25, -0.2) is 9.59 Å². The zero-order valence-corrected chi connectivity index (χ0v) is 52.4. The molecule has 12 unspecified atom stereocenters. The van der Waals surface area contributed by atoms with Crippen LogP contribution in [0.1, 0.15) is 221 Å². The van der Waals surface area contributed by atoms with E-state index in [1.807, 2.05) is 0 Å². The van der Waals surface area contributed by atoms with Gasteiger partial charge in [0.2, 0.25) is 11.8 Å². The van der Waals surface area contributed by atoms with Gasteiger partial charge in [-0.05, 0) is 148 Å². The van der Waals surface area contributed by atoms with Crippen LogP contribution in [0, 0.1) is 71.0 Å². The summed E-state index contributed by atoms with van der Waals surface area (Å²) in [6, 6.07) is -0.140. The van der Waals surface area contributed by atoms with Crippen LogP contribution in [0.4, 0.5) is 9.59 Å². The maximum absolute atomic E-state index is 13.9. The van der Waals surface area contributed by atoms with Crippen LogP contribution in [0.2, 0.25) is 0 Å². The summed E-state index contributed by atoms with van der Waals surface area (Å²) < 4.78 is 12.4. The third-order valence-corrected chi connectivity index (χ3v) is 19.6. The Morgan fingerprint density at radius 2 is 0.744 bits per heavy atom. The van der Waals surface area contributed by atoms with E-state index < -0.39 is 0 Å². The molecule has 4 N–H and O–H groups in total. The van der Waals surface area contributed by atoms with Crippen LogP contribution in [0.5, 0.6) is 0 Å². The number of hydrogen-bond acceptors (Lipinski definition) is 8. The van der Waals surface area contributed by atoms with Crippen LogP contribution in [0.25, 0.3) is 0 Å². The number of allylic oxidation sites excluding steroid dienone is 6. The van der Waals surface area contributed by atoms with Crippen molar-refractivity contribution in [3.05, 3.63) is 36.5 Å². The second-order valence-electron chi connectivity index (χ2n) is 25.3. The number of hydrogen-bond donors (Lipinski definition) is 4. The molecule has 2 fully saturated rings. The van der Waals surface area contributed by atoms with E-state index in [2.05, 4.69) is 99.3 Å². The fourth-order valence-electron chi connectivity index (χ4n) is 15.2. The number of esters is 2. The molecular weight excluding hydrogens is 1030 g/mol. The lowest BCUT2D eigenvalue weighted by molar-refractivity contribution is -0.146. The SMILES string of the molecule is CCCCCC1C(CCC)C=CC(CCOC(=O)CCC2C(CCC(=O)NCCN3CCNC3=O)C=CC(CCC)C2CCCCC)C1CCOC(=O)CCC1C=CC(CCC)C(CCCCC)C1CCC(=O)NCCN1CCNC1=O. The Morgan fingerprint density at radius 1 is 0.415 bits per heavy atom. The highest BCUT2D eigenvalue weighted by atomic mass is 16.5. The first-order valence-corrected chi connectivity index (χ1v) is 33.9. The van der Waals surface area contributed by atoms with Gasteiger partial charge >= 0.3 is 24.0 Å². The van der Waals surface area contributed by atoms with E-state index in [0.717, 1.165) is 96.3 Å². The van der Waals surface area contributed by atoms with Crippen LogP contribution in [0.3, 0.4) is 0 Å². The third-order valence-electron chi connectivity index (χ3n) is 19.6. The average Bonchev–Trinajstić information content (AvgIpc) is 4.24. The van der Waals surface area contributed by atoms with Crippen molar-refractivity contribution in [2.24, 2.45) is 71.0 Å². The zero-order chi connectivity index (χ0) is 58.9. The van der Waals surface area contributed by atoms with Crippen molar-refractivity contribution in [3.63, 3.8) is 0 Å². The minimum Gasteiger partial charge on any atom is -0.466 e. The monoisotopic (exact) mass is 1140 g/mol. The topological polar surface area (TPSA) is 175 Å². The molecule has 0 aromatic heterocycles. The number of rotatable bonds is 42. The van der Waals surface area contributed by atoms with Crippen LogP contribution < -0.4 is 21.3 Å². The summed E-state index contributed by atoms with van der Waals surface area (Å²) in [7, 11) is 0. The largest absolute Gasteiger partial charge is 0.466 e. The van der Waals surface area contributed by atoms with Gasteiger partial charge in [-0.2, -0.15) is 0 Å². The number of carbonyl (C=O) groups excluding carboxylic acids is 6. The number of nitrogens with one attached hydrogen (secondary N) is 4. The first-order chi connectivity index (χ1) is 39.9. The molecule has 5 rings (SSSR count). The highest BCUT2D eigenvalue weighted by Crippen LogP contribution is 2.46. The number of nitrogens with zero attached hydrogens (tertiary/aromatic N) is 2. The van der Waals surface area contributed by atoms with Crippen LogP contribution in [0.15, 0.2) is 36.5 Å². The first-order valence-electron chi connectivity index (χ1n) is 33.9. The first kappa shape index (κ1) is 68.4. The molecule has 2 saturated heterocycles. The molecular formula is C68H116N6O8. The molecule has 82 heavy (non-hydrogen) atoms. The quantitative estimate of drug-likeness (QED) is 0.0265. The highest BCUT2D eigenvalue weighted by Gasteiger charge is 2.39. The fraction of sp³-hybridized carbons (Fsp3) is 0.824. The normalized spacial score (nSPS) is 26.9. The second-order valence-corrected chi connectivity index (χ2v) is 25.3. The van der Waals surface area contributed by atoms with Gasteiger partial charge in [0, 0.05) is 78.0 Å². The molecule has 6 amide bonds. The molecule has 5 aliphatic rings. The predicted molar refractivity (Wildman–Crippen MR) is 331 cm³/mol. The van der Waals surface area contributed by atoms with Crippen molar-refractivity contribution in [2.75, 3.05) is 65.6 Å². The molecule has 0 bridgehead atoms. The Morgan fingerprint density at radius 3 is 1.13 bits per heavy atom. The maximum Gasteiger partial charge on any atom is 0.317 e. The van der Waals surface area contributed by atoms with Gasteiger partial charge in [-0.1, -0.05) is 155 Å². The van der Waals surface area contributed by atoms with Gasteiger partial charge in [0.05, 0.1) is 13.2 Å². The average molecular weight is 1150 g/mol. The smallest absolute Gasteiger partial charge is 0.317 e. The van der Waals surface area contributed by atoms with Gasteiger partial charge in [0.25, 0.3) is 0 Å². The Kier molecular flexibility index (Phi) is 32.8. The Hall–Kier alpha value is -4.36. The van der Waals surface area contributed by atoms with Crippen molar-refractivity contribution in [1.29, 1.82) is 0 Å². The van der Waals surface area contributed by atoms with Crippen LogP contribution in [-0.2, 0) is 28.7 Å². The van der Waals surface area contributed by atoms with Gasteiger partial charge in [0.15, 0.2) is 0 Å². The van der Waals surface area contributed by atoms with Crippen molar-refractivity contribution in [3.8, 4) is 0 Å². The van der Waals surface area contributed by atoms with E-state index in [1.54, 1.807) is 9.80 Å². The standard InChI is InChI=1S/C68H116N6O8/c1-7-13-16-22-57-51(19-10-4)26-29-55(60(57)33-36-64(76)70-42-46-74-48-44-72-68(74)80)32-37-65(77)82-50-40-62-56(30-27-53(21-12-6)59(62)24-18-15-9-3)39-49-81-66(78)38-34-61-54(28-25-52(20-11-5)58(61)23-17-14-8-2)31-35-63(75)69-41-45-73-47-43-71-67(73)79/h25-30,51-62H,7-24,31-50H2,1-6H3,(H,69,75)(H,70,76)(H,71,79)(H,72,80). The second kappa shape index (κ2) is 39.3. The summed E-state index contributed by atoms with van der Waals surface area (Å²) in [6.45, 7) is 18.8. The number of carbonyl (C=O) groups is 6. The summed E-state index contributed by atoms with van der Waals surface area (Å²) in [4.78, 5) is 81.6. The minimum absolute atomic E-state index is 0.0126. The van der Waals surface area contributed by atoms with Gasteiger partial charge in [0.1, 0.15) is 0 Å². The number of amides is 6. The third kappa shape index (κ3) is 23.2. The van der Waals surface area contributed by atoms with E-state index in [0.29, 0.717) is 151 Å². The lowest BCUT2D eigenvalue weighted by atomic mass is 9.65. The Labute approximate surface area is 497 Å². The predicted octanol–water partition coefficient (Wildman–Crippen LogP) is 13.5. The molecule has 12 atom stereocenters. The fourth-order valence-corrected chi connectivity index (χ4v) is 15.2. The summed E-state index contributed by atoms with van der Waals surface area (Å²) in [5, 5.41) is 11.8. The van der Waals surface area contributed by atoms with E-state index >= 15 is 0 Å². The van der Waals surface area contributed by atoms with Crippen LogP contribution in [-0.4, -0.2) is 111 Å². The zero-order valence-electron chi connectivity index (χ0n) is 52.4. The van der Waals surface area contributed by atoms with E-state index in [1.165, 1.54) is 51.4 Å². The van der Waals surface area contributed by atoms with E-state index in [9.17, 15) is 28.8 Å². The minimum atomic E-state index is -0.143. The lowest BCUT2D eigenvalue weighted by Crippen LogP contribution is -2.37. The molecule has 466 valence electrons. The van der Waals surface area contributed by atoms with Crippen molar-refractivity contribution in [2.45, 2.75) is 221 Å². The number of urea groups is 2. The molecule has 0 saturated carbocycles. The van der Waals surface area contributed by atoms with Crippen molar-refractivity contribution in [1.82, 2.24) is 31.1 Å². The Bertz CT molecular complexity index is 1980. The molecule has 14 nitrogen and oxygen atoms in total. The molecule has 3 aliphatic carbocycles. The van der Waals surface area contributed by atoms with Crippen molar-refractivity contribution >= 4 is 35.8 Å². The number of unbranched alkanes of at least 4 members (excludes halogenated alkanes) is 6. The lowest BCUT2D eigenvalue weighted by Gasteiger charge is -2.41. The molecule has 0 aromatic carbocycles. The molecule has 0 spiro atoms. The highest BCUT2D eigenvalue weighted by molar-refractivity contribution is 5.78. The van der Waals surface area contributed by atoms with E-state index in [-0.39, 0.29) is 53.6 Å². The molecule has 0 aromatic rings. The van der Waals surface area contributed by atoms with Gasteiger partial charge in [-0.3, -0.25) is 19.2 Å².